The summed E-state index contributed by atoms with van der Waals surface area (Å²) in [6.07, 6.45) is 7.84. The van der Waals surface area contributed by atoms with Crippen molar-refractivity contribution in [2.75, 3.05) is 26.2 Å². The van der Waals surface area contributed by atoms with Crippen LogP contribution in [-0.2, 0) is 15.0 Å². The van der Waals surface area contributed by atoms with Crippen molar-refractivity contribution in [2.45, 2.75) is 50.4 Å². The predicted octanol–water partition coefficient (Wildman–Crippen LogP) is 3.21. The van der Waals surface area contributed by atoms with Crippen LogP contribution in [0.1, 0.15) is 50.5 Å². The first kappa shape index (κ1) is 20.5. The molecule has 3 aliphatic carbocycles. The maximum atomic E-state index is 13.6. The molecule has 1 saturated heterocycles. The van der Waals surface area contributed by atoms with Crippen molar-refractivity contribution in [2.24, 2.45) is 28.9 Å². The Labute approximate surface area is 187 Å². The summed E-state index contributed by atoms with van der Waals surface area (Å²) in [5, 5.41) is 3.21. The molecule has 1 aromatic rings. The normalized spacial score (nSPS) is 33.8. The maximum Gasteiger partial charge on any atom is 0.229 e. The molecule has 3 saturated carbocycles. The van der Waals surface area contributed by atoms with Crippen molar-refractivity contribution >= 4 is 27.7 Å². The molecule has 0 unspecified atom stereocenters. The van der Waals surface area contributed by atoms with E-state index in [1.807, 2.05) is 24.3 Å². The highest BCUT2D eigenvalue weighted by molar-refractivity contribution is 9.10. The number of primary amides is 1. The summed E-state index contributed by atoms with van der Waals surface area (Å²) in [6, 6.07) is 7.94. The van der Waals surface area contributed by atoms with Crippen LogP contribution in [0.3, 0.4) is 0 Å². The Kier molecular flexibility index (Phi) is 5.21. The molecule has 6 heteroatoms. The van der Waals surface area contributed by atoms with Crippen molar-refractivity contribution in [1.29, 1.82) is 0 Å². The highest BCUT2D eigenvalue weighted by Gasteiger charge is 2.78. The van der Waals surface area contributed by atoms with E-state index in [1.165, 1.54) is 25.9 Å². The van der Waals surface area contributed by atoms with Crippen molar-refractivity contribution in [3.05, 3.63) is 34.3 Å². The van der Waals surface area contributed by atoms with E-state index in [0.717, 1.165) is 48.7 Å². The van der Waals surface area contributed by atoms with Gasteiger partial charge >= 0.3 is 0 Å². The number of nitrogens with zero attached hydrogens (tertiary/aromatic N) is 1. The summed E-state index contributed by atoms with van der Waals surface area (Å²) >= 11 is 3.50. The summed E-state index contributed by atoms with van der Waals surface area (Å²) in [4.78, 5) is 29.2. The van der Waals surface area contributed by atoms with Crippen LogP contribution in [0.25, 0.3) is 0 Å². The monoisotopic (exact) mass is 473 g/mol. The first-order chi connectivity index (χ1) is 14.5. The third-order valence-corrected chi connectivity index (χ3v) is 9.16. The van der Waals surface area contributed by atoms with Crippen molar-refractivity contribution in [1.82, 2.24) is 10.2 Å². The Morgan fingerprint density at radius 3 is 2.47 bits per heavy atom. The quantitative estimate of drug-likeness (QED) is 0.596. The van der Waals surface area contributed by atoms with Gasteiger partial charge in [0.25, 0.3) is 0 Å². The molecule has 0 aromatic heterocycles. The topological polar surface area (TPSA) is 75.4 Å². The fraction of sp³-hybridized carbons (Fsp3) is 0.667. The minimum Gasteiger partial charge on any atom is -0.369 e. The lowest BCUT2D eigenvalue weighted by atomic mass is 9.61. The molecule has 1 spiro atoms. The minimum absolute atomic E-state index is 0.0385. The Balaban J connectivity index is 1.40. The van der Waals surface area contributed by atoms with Gasteiger partial charge in [0.2, 0.25) is 11.8 Å². The lowest BCUT2D eigenvalue weighted by Crippen LogP contribution is -2.56. The number of likely N-dealkylation sites (tertiary alicyclic amines) is 1. The number of rotatable bonds is 7. The summed E-state index contributed by atoms with van der Waals surface area (Å²) in [6.45, 7) is 4.06. The summed E-state index contributed by atoms with van der Waals surface area (Å²) in [7, 11) is 0. The second-order valence-electron chi connectivity index (χ2n) is 9.88. The molecule has 1 aliphatic heterocycles. The van der Waals surface area contributed by atoms with Crippen LogP contribution in [-0.4, -0.2) is 42.9 Å². The van der Waals surface area contributed by atoms with E-state index in [1.54, 1.807) is 0 Å². The van der Waals surface area contributed by atoms with Crippen molar-refractivity contribution in [3.63, 3.8) is 0 Å². The highest BCUT2D eigenvalue weighted by Crippen LogP contribution is 2.78. The van der Waals surface area contributed by atoms with Crippen LogP contribution in [0.5, 0.6) is 0 Å². The van der Waals surface area contributed by atoms with Gasteiger partial charge in [-0.25, -0.2) is 0 Å². The van der Waals surface area contributed by atoms with E-state index in [0.29, 0.717) is 6.54 Å². The average Bonchev–Trinajstić information content (AvgIpc) is 3.10. The van der Waals surface area contributed by atoms with Crippen LogP contribution in [0.2, 0.25) is 0 Å². The largest absolute Gasteiger partial charge is 0.369 e. The lowest BCUT2D eigenvalue weighted by molar-refractivity contribution is -0.138. The van der Waals surface area contributed by atoms with Gasteiger partial charge in [-0.2, -0.15) is 0 Å². The van der Waals surface area contributed by atoms with Crippen LogP contribution in [0, 0.1) is 23.2 Å². The Bertz CT molecular complexity index is 831. The fourth-order valence-corrected chi connectivity index (χ4v) is 7.61. The highest BCUT2D eigenvalue weighted by atomic mass is 79.9. The van der Waals surface area contributed by atoms with E-state index >= 15 is 0 Å². The number of nitrogens with one attached hydrogen (secondary N) is 1. The number of benzene rings is 1. The second-order valence-corrected chi connectivity index (χ2v) is 10.8. The molecule has 3 N–H and O–H groups in total. The number of nitrogens with two attached hydrogens (primary N) is 1. The number of carbonyl (C=O) groups is 2. The average molecular weight is 474 g/mol. The molecule has 5 rings (SSSR count). The summed E-state index contributed by atoms with van der Waals surface area (Å²) in [5.74, 6) is -0.160. The first-order valence-corrected chi connectivity index (χ1v) is 12.4. The number of amides is 2. The molecular weight excluding hydrogens is 442 g/mol. The van der Waals surface area contributed by atoms with Gasteiger partial charge in [-0.15, -0.1) is 0 Å². The zero-order valence-corrected chi connectivity index (χ0v) is 19.1. The molecule has 0 radical (unpaired) electrons. The van der Waals surface area contributed by atoms with Gasteiger partial charge in [0, 0.05) is 11.0 Å². The van der Waals surface area contributed by atoms with Crippen LogP contribution >= 0.6 is 15.9 Å². The van der Waals surface area contributed by atoms with E-state index in [4.69, 9.17) is 5.73 Å². The van der Waals surface area contributed by atoms with Crippen molar-refractivity contribution < 1.29 is 9.59 Å². The Morgan fingerprint density at radius 1 is 1.13 bits per heavy atom. The maximum absolute atomic E-state index is 13.6. The van der Waals surface area contributed by atoms with Crippen molar-refractivity contribution in [3.8, 4) is 0 Å². The lowest BCUT2D eigenvalue weighted by Gasteiger charge is -2.41. The minimum atomic E-state index is -0.876. The molecule has 4 aliphatic rings. The third-order valence-electron chi connectivity index (χ3n) is 8.63. The number of carbonyl (C=O) groups excluding carboxylic acids is 2. The van der Waals surface area contributed by atoms with Gasteiger partial charge in [0.05, 0.1) is 11.3 Å². The molecule has 4 fully saturated rings. The molecule has 4 atom stereocenters. The van der Waals surface area contributed by atoms with Crippen LogP contribution in [0.15, 0.2) is 28.7 Å². The van der Waals surface area contributed by atoms with Gasteiger partial charge in [-0.05, 0) is 99.5 Å². The van der Waals surface area contributed by atoms with Gasteiger partial charge in [0.1, 0.15) is 0 Å². The zero-order valence-electron chi connectivity index (χ0n) is 17.5. The first-order valence-electron chi connectivity index (χ1n) is 11.6. The summed E-state index contributed by atoms with van der Waals surface area (Å²) < 4.78 is 0.970. The second kappa shape index (κ2) is 7.63. The smallest absolute Gasteiger partial charge is 0.229 e. The standard InChI is InChI=1S/C24H32BrN3O2/c25-17-6-4-16(5-7-17)24(22(26)30)19-9-8-18(23(19)10-11-23)20(24)21(29)27-12-3-15-28-13-1-2-14-28/h4-7,18-20H,1-3,8-15H2,(H2,26,30)(H,27,29)/t18-,19+,20+,24-/m1/s1. The molecular formula is C24H32BrN3O2. The molecule has 1 aromatic carbocycles. The SMILES string of the molecule is NC(=O)[C@@]1(c2ccc(Br)cc2)[C@H](C(=O)NCCCN2CCCC2)[C@H]2CC[C@H]1C21CC1. The molecule has 2 amide bonds. The molecule has 2 bridgehead atoms. The van der Waals surface area contributed by atoms with E-state index < -0.39 is 5.41 Å². The van der Waals surface area contributed by atoms with Crippen LogP contribution < -0.4 is 11.1 Å². The number of hydrogen-bond acceptors (Lipinski definition) is 3. The van der Waals surface area contributed by atoms with Gasteiger partial charge in [-0.3, -0.25) is 9.59 Å². The third kappa shape index (κ3) is 2.97. The molecule has 162 valence electrons. The predicted molar refractivity (Wildman–Crippen MR) is 120 cm³/mol. The molecule has 5 nitrogen and oxygen atoms in total. The number of halogens is 1. The summed E-state index contributed by atoms with van der Waals surface area (Å²) in [5.41, 5.74) is 6.37. The Morgan fingerprint density at radius 2 is 1.83 bits per heavy atom. The van der Waals surface area contributed by atoms with Gasteiger partial charge in [-0.1, -0.05) is 28.1 Å². The van der Waals surface area contributed by atoms with E-state index in [9.17, 15) is 9.59 Å². The fourth-order valence-electron chi connectivity index (χ4n) is 7.35. The Hall–Kier alpha value is -1.40. The number of hydrogen-bond donors (Lipinski definition) is 2. The van der Waals surface area contributed by atoms with Gasteiger partial charge in [0.15, 0.2) is 0 Å². The molecule has 1 heterocycles. The van der Waals surface area contributed by atoms with E-state index in [2.05, 4.69) is 26.1 Å². The van der Waals surface area contributed by atoms with E-state index in [-0.39, 0.29) is 35.0 Å². The van der Waals surface area contributed by atoms with Crippen LogP contribution in [0.4, 0.5) is 0 Å². The van der Waals surface area contributed by atoms with Gasteiger partial charge < -0.3 is 16.0 Å². The molecule has 30 heavy (non-hydrogen) atoms. The zero-order chi connectivity index (χ0) is 20.9.